The molecule has 2 spiro atoms. The van der Waals surface area contributed by atoms with E-state index in [4.69, 9.17) is 4.74 Å². The molecule has 10 nitrogen and oxygen atoms in total. The van der Waals surface area contributed by atoms with Gasteiger partial charge in [-0.1, -0.05) is 106 Å². The normalized spacial score (nSPS) is 28.4. The molecule has 1 aromatic heterocycles. The number of phenolic OH excluding ortho intramolecular Hbond substituents is 1. The van der Waals surface area contributed by atoms with E-state index in [1.54, 1.807) is 6.07 Å². The van der Waals surface area contributed by atoms with E-state index in [1.165, 1.54) is 43.9 Å². The predicted molar refractivity (Wildman–Crippen MR) is 315 cm³/mol. The van der Waals surface area contributed by atoms with Crippen LogP contribution >= 0.6 is 0 Å². The Hall–Kier alpha value is -6.12. The summed E-state index contributed by atoms with van der Waals surface area (Å²) in [6, 6.07) is 29.0. The molecule has 79 heavy (non-hydrogen) atoms. The Kier molecular flexibility index (Phi) is 16.6. The van der Waals surface area contributed by atoms with Gasteiger partial charge < -0.3 is 41.0 Å². The number of Topliss-reactive ketones (excluding diaryl/α,β-unsaturated/α-hetero) is 2. The van der Waals surface area contributed by atoms with Crippen molar-refractivity contribution in [3.05, 3.63) is 148 Å². The Balaban J connectivity index is 1.03. The first kappa shape index (κ1) is 54.8. The number of ether oxygens (including phenoxy) is 1. The SMILES string of the molecule is CCCC1C2CC(CC3=CCNC(=C3)Nc3ccc4ccc(cc4c3)CC(O)CNCC(C)c3c[nH]c(c3)C3(CCC4(CCCC4)CC3)C1O)CC1C#CC(c3ccccc3)c3cc(O)c(OC)cc3CCC(=O)CC(=O)C1C2. The third-order valence-electron chi connectivity index (χ3n) is 19.9. The summed E-state index contributed by atoms with van der Waals surface area (Å²) < 4.78 is 5.60. The van der Waals surface area contributed by atoms with Crippen LogP contribution in [0.15, 0.2) is 115 Å². The van der Waals surface area contributed by atoms with Crippen LogP contribution in [0.3, 0.4) is 0 Å². The second-order valence-electron chi connectivity index (χ2n) is 25.1. The average molecular weight is 1070 g/mol. The number of anilines is 1. The number of ketones is 2. The number of phenols is 1. The topological polar surface area (TPSA) is 156 Å². The number of aliphatic hydroxyl groups excluding tert-OH is 2. The maximum absolute atomic E-state index is 15.3. The Morgan fingerprint density at radius 3 is 2.42 bits per heavy atom. The van der Waals surface area contributed by atoms with Gasteiger partial charge in [0.2, 0.25) is 0 Å². The third-order valence-corrected chi connectivity index (χ3v) is 19.9. The molecule has 9 bridgehead atoms. The molecule has 6 aliphatic rings. The van der Waals surface area contributed by atoms with Gasteiger partial charge in [-0.3, -0.25) is 9.59 Å². The second kappa shape index (κ2) is 23.9. The monoisotopic (exact) mass is 1060 g/mol. The number of dihydropyridines is 1. The maximum atomic E-state index is 15.3. The minimum Gasteiger partial charge on any atom is -0.504 e. The van der Waals surface area contributed by atoms with E-state index in [2.05, 4.69) is 120 Å². The molecule has 3 fully saturated rings. The Labute approximate surface area is 468 Å². The minimum atomic E-state index is -0.667. The van der Waals surface area contributed by atoms with E-state index in [-0.39, 0.29) is 59.7 Å². The summed E-state index contributed by atoms with van der Waals surface area (Å²) >= 11 is 0. The first-order valence-electron chi connectivity index (χ1n) is 30.1. The number of benzene rings is 4. The van der Waals surface area contributed by atoms with Gasteiger partial charge in [0.05, 0.1) is 31.7 Å². The molecule has 9 unspecified atom stereocenters. The van der Waals surface area contributed by atoms with Crippen molar-refractivity contribution in [2.45, 2.75) is 159 Å². The highest BCUT2D eigenvalue weighted by atomic mass is 16.5. The molecule has 0 radical (unpaired) electrons. The fourth-order valence-corrected chi connectivity index (χ4v) is 15.5. The molecular formula is C69H84N4O6. The summed E-state index contributed by atoms with van der Waals surface area (Å²) in [7, 11) is 1.54. The molecule has 10 heteroatoms. The van der Waals surface area contributed by atoms with Gasteiger partial charge in [0, 0.05) is 60.9 Å². The first-order chi connectivity index (χ1) is 38.4. The summed E-state index contributed by atoms with van der Waals surface area (Å²) in [5.74, 6) is 7.67. The van der Waals surface area contributed by atoms with Gasteiger partial charge in [0.1, 0.15) is 17.4 Å². The van der Waals surface area contributed by atoms with Crippen molar-refractivity contribution in [1.82, 2.24) is 15.6 Å². The molecule has 9 atom stereocenters. The zero-order valence-electron chi connectivity index (χ0n) is 46.9. The Morgan fingerprint density at radius 1 is 0.810 bits per heavy atom. The zero-order valence-corrected chi connectivity index (χ0v) is 46.9. The van der Waals surface area contributed by atoms with Crippen LogP contribution in [0.5, 0.6) is 11.5 Å². The van der Waals surface area contributed by atoms with Gasteiger partial charge in [-0.25, -0.2) is 0 Å². The van der Waals surface area contributed by atoms with Crippen molar-refractivity contribution in [2.75, 3.05) is 32.1 Å². The number of nitrogens with one attached hydrogen (secondary N) is 4. The molecular weight excluding hydrogens is 981 g/mol. The second-order valence-corrected chi connectivity index (χ2v) is 25.1. The van der Waals surface area contributed by atoms with E-state index >= 15 is 4.79 Å². The molecule has 0 amide bonds. The minimum absolute atomic E-state index is 0.0112. The first-order valence-corrected chi connectivity index (χ1v) is 30.1. The number of carbonyl (C=O) groups excluding carboxylic acids is 2. The highest BCUT2D eigenvalue weighted by molar-refractivity contribution is 6.00. The average Bonchev–Trinajstić information content (AvgIpc) is 4.33. The number of H-pyrrole nitrogens is 1. The van der Waals surface area contributed by atoms with Gasteiger partial charge in [0.15, 0.2) is 11.5 Å². The number of aryl methyl sites for hydroxylation is 1. The highest BCUT2D eigenvalue weighted by Crippen LogP contribution is 2.58. The van der Waals surface area contributed by atoms with Crippen molar-refractivity contribution >= 4 is 28.0 Å². The molecule has 4 aromatic carbocycles. The van der Waals surface area contributed by atoms with Gasteiger partial charge in [0.25, 0.3) is 0 Å². The van der Waals surface area contributed by atoms with Crippen LogP contribution in [0.4, 0.5) is 5.69 Å². The van der Waals surface area contributed by atoms with Crippen molar-refractivity contribution in [3.63, 3.8) is 0 Å². The molecule has 3 heterocycles. The van der Waals surface area contributed by atoms with Gasteiger partial charge in [-0.15, -0.1) is 0 Å². The van der Waals surface area contributed by atoms with E-state index in [1.807, 2.05) is 24.3 Å². The number of aliphatic hydroxyl groups is 2. The van der Waals surface area contributed by atoms with Crippen LogP contribution in [0, 0.1) is 46.8 Å². The molecule has 4 aliphatic carbocycles. The lowest BCUT2D eigenvalue weighted by atomic mass is 9.56. The number of hydrogen-bond donors (Lipinski definition) is 7. The number of aromatic hydroxyl groups is 1. The maximum Gasteiger partial charge on any atom is 0.160 e. The molecule has 5 aromatic rings. The summed E-state index contributed by atoms with van der Waals surface area (Å²) in [5.41, 5.74) is 8.15. The van der Waals surface area contributed by atoms with Gasteiger partial charge in [-0.2, -0.15) is 0 Å². The zero-order chi connectivity index (χ0) is 54.7. The van der Waals surface area contributed by atoms with Crippen LogP contribution in [0.25, 0.3) is 10.8 Å². The lowest BCUT2D eigenvalue weighted by Crippen LogP contribution is -2.50. The van der Waals surface area contributed by atoms with Gasteiger partial charge >= 0.3 is 0 Å². The van der Waals surface area contributed by atoms with Crippen LogP contribution in [0.1, 0.15) is 162 Å². The lowest BCUT2D eigenvalue weighted by Gasteiger charge is -2.50. The lowest BCUT2D eigenvalue weighted by molar-refractivity contribution is -0.130. The van der Waals surface area contributed by atoms with Crippen molar-refractivity contribution in [3.8, 4) is 23.3 Å². The molecule has 3 saturated carbocycles. The largest absolute Gasteiger partial charge is 0.504 e. The number of rotatable bonds is 4. The highest BCUT2D eigenvalue weighted by Gasteiger charge is 2.53. The number of methoxy groups -OCH3 is 1. The summed E-state index contributed by atoms with van der Waals surface area (Å²) in [4.78, 5) is 33.4. The Bertz CT molecular complexity index is 3110. The molecule has 416 valence electrons. The van der Waals surface area contributed by atoms with E-state index in [9.17, 15) is 20.1 Å². The number of fused-ring (bicyclic) bond motifs is 10. The molecule has 2 aliphatic heterocycles. The predicted octanol–water partition coefficient (Wildman–Crippen LogP) is 12.5. The summed E-state index contributed by atoms with van der Waals surface area (Å²) in [6.07, 6.45) is 20.1. The Morgan fingerprint density at radius 2 is 1.62 bits per heavy atom. The van der Waals surface area contributed by atoms with Crippen LogP contribution in [0.2, 0.25) is 0 Å². The molecule has 11 rings (SSSR count). The quantitative estimate of drug-likeness (QED) is 0.0688. The summed E-state index contributed by atoms with van der Waals surface area (Å²) in [5, 5.41) is 49.6. The van der Waals surface area contributed by atoms with E-state index in [0.29, 0.717) is 56.5 Å². The van der Waals surface area contributed by atoms with E-state index < -0.39 is 29.5 Å². The fraction of sp³-hybridized carbons (Fsp3) is 0.507. The number of allylic oxidation sites excluding steroid dienone is 2. The molecule has 0 saturated heterocycles. The molecule has 7 N–H and O–H groups in total. The van der Waals surface area contributed by atoms with E-state index in [0.717, 1.165) is 102 Å². The third kappa shape index (κ3) is 12.0. The van der Waals surface area contributed by atoms with Crippen LogP contribution < -0.4 is 20.7 Å². The van der Waals surface area contributed by atoms with Crippen LogP contribution in [-0.2, 0) is 27.8 Å². The smallest absolute Gasteiger partial charge is 0.160 e. The van der Waals surface area contributed by atoms with Crippen LogP contribution in [-0.4, -0.2) is 70.8 Å². The number of carbonyl (C=O) groups is 2. The van der Waals surface area contributed by atoms with Crippen molar-refractivity contribution < 1.29 is 29.6 Å². The van der Waals surface area contributed by atoms with Crippen molar-refractivity contribution in [1.29, 1.82) is 0 Å². The number of hydrogen-bond acceptors (Lipinski definition) is 9. The number of β-amino-alcohol motifs (C(OH)–C–C–N with tert-alkyl or cyclic N) is 1. The fourth-order valence-electron chi connectivity index (χ4n) is 15.5. The van der Waals surface area contributed by atoms with Gasteiger partial charge in [-0.05, 0) is 193 Å². The standard InChI is InChI=1S/C69H84N4O6/c1-4-10-59-53-32-47(31-50-17-20-58(49-11-6-5-7-12-49)60-40-63(77)64(79-3)37-51(60)16-19-56(74)39-62(76)61(50)36-53)29-46-21-28-71-66(34-46)73-55-18-15-48-14-13-45(30-52(48)35-55)33-57(75)43-70-41-44(2)54-38-65(72-42-54)69(67(59)78)26-24-68(25-27-69)22-8-9-23-68/h5-7,11-15,18,21,30,34-35,37-38,40,42,44,47,50,53,57-59,61,67,70-73,75,77-78H,4,8-10,16,19,22-29,31-33,36,39,41,43H2,1-3H3. The van der Waals surface area contributed by atoms with Crippen molar-refractivity contribution in [2.24, 2.45) is 35.0 Å². The summed E-state index contributed by atoms with van der Waals surface area (Å²) in [6.45, 7) is 6.34. The number of aromatic amines is 1. The number of aromatic nitrogens is 1.